The van der Waals surface area contributed by atoms with E-state index in [4.69, 9.17) is 11.6 Å². The van der Waals surface area contributed by atoms with Gasteiger partial charge in [0.15, 0.2) is 0 Å². The van der Waals surface area contributed by atoms with Crippen molar-refractivity contribution in [2.75, 3.05) is 13.1 Å². The molecule has 27 heavy (non-hydrogen) atoms. The molecule has 4 rings (SSSR count). The molecule has 2 aromatic rings. The van der Waals surface area contributed by atoms with Gasteiger partial charge in [-0.1, -0.05) is 11.6 Å². The van der Waals surface area contributed by atoms with E-state index in [1.165, 1.54) is 19.2 Å². The molecule has 2 aliphatic rings. The number of aliphatic hydroxyl groups is 1. The molecule has 4 atom stereocenters. The summed E-state index contributed by atoms with van der Waals surface area (Å²) < 4.78 is 45.4. The first-order valence-corrected chi connectivity index (χ1v) is 9.22. The Morgan fingerprint density at radius 3 is 2.63 bits per heavy atom. The number of benzene rings is 1. The van der Waals surface area contributed by atoms with E-state index in [2.05, 4.69) is 10.2 Å². The minimum absolute atomic E-state index is 0.0117. The summed E-state index contributed by atoms with van der Waals surface area (Å²) in [6.07, 6.45) is 0.0816. The number of aromatic amines is 1. The van der Waals surface area contributed by atoms with Crippen LogP contribution in [-0.2, 0) is 4.79 Å². The summed E-state index contributed by atoms with van der Waals surface area (Å²) in [6, 6.07) is 1.28. The van der Waals surface area contributed by atoms with Crippen LogP contribution < -0.4 is 0 Å². The monoisotopic (exact) mass is 401 g/mol. The van der Waals surface area contributed by atoms with E-state index in [1.807, 2.05) is 0 Å². The fourth-order valence-electron chi connectivity index (χ4n) is 4.80. The Morgan fingerprint density at radius 2 is 2.04 bits per heavy atom. The molecule has 146 valence electrons. The number of carbonyl (C=O) groups is 1. The largest absolute Gasteiger partial charge is 0.382 e. The first-order chi connectivity index (χ1) is 12.7. The Kier molecular flexibility index (Phi) is 4.38. The van der Waals surface area contributed by atoms with Gasteiger partial charge >= 0.3 is 0 Å². The van der Waals surface area contributed by atoms with Gasteiger partial charge in [0.25, 0.3) is 5.92 Å². The molecular formula is C18H19ClF3N3O2. The smallest absolute Gasteiger partial charge is 0.281 e. The average Bonchev–Trinajstić information content (AvgIpc) is 3.17. The van der Waals surface area contributed by atoms with Crippen LogP contribution in [0.1, 0.15) is 31.4 Å². The van der Waals surface area contributed by atoms with Crippen molar-refractivity contribution in [2.45, 2.75) is 31.8 Å². The highest BCUT2D eigenvalue weighted by Crippen LogP contribution is 2.54. The fourth-order valence-corrected chi connectivity index (χ4v) is 5.02. The number of aliphatic hydroxyl groups excluding tert-OH is 1. The third-order valence-electron chi connectivity index (χ3n) is 6.03. The van der Waals surface area contributed by atoms with Gasteiger partial charge < -0.3 is 10.0 Å². The summed E-state index contributed by atoms with van der Waals surface area (Å²) in [4.78, 5) is 13.2. The molecule has 1 amide bonds. The fraction of sp³-hybridized carbons (Fsp3) is 0.556. The normalized spacial score (nSPS) is 26.6. The molecule has 2 bridgehead atoms. The molecule has 5 nitrogen and oxygen atoms in total. The number of nitrogens with one attached hydrogen (secondary N) is 1. The average molecular weight is 402 g/mol. The van der Waals surface area contributed by atoms with Crippen molar-refractivity contribution in [1.82, 2.24) is 15.1 Å². The van der Waals surface area contributed by atoms with Crippen LogP contribution in [0.3, 0.4) is 0 Å². The molecule has 1 aliphatic carbocycles. The number of fused-ring (bicyclic) bond motifs is 3. The number of nitrogens with zero attached hydrogens (tertiary/aromatic N) is 2. The molecule has 1 unspecified atom stereocenters. The predicted octanol–water partition coefficient (Wildman–Crippen LogP) is 3.53. The summed E-state index contributed by atoms with van der Waals surface area (Å²) in [5.41, 5.74) is -0.550. The number of hydrogen-bond acceptors (Lipinski definition) is 3. The van der Waals surface area contributed by atoms with E-state index in [9.17, 15) is 14.3 Å². The Balaban J connectivity index is 1.72. The zero-order valence-corrected chi connectivity index (χ0v) is 15.3. The van der Waals surface area contributed by atoms with Crippen molar-refractivity contribution in [2.24, 2.45) is 17.8 Å². The number of alkyl halides is 2. The summed E-state index contributed by atoms with van der Waals surface area (Å²) in [7, 11) is 0. The Labute approximate surface area is 158 Å². The van der Waals surface area contributed by atoms with Gasteiger partial charge in [-0.25, -0.2) is 13.2 Å². The number of hydrogen-bond donors (Lipinski definition) is 2. The zero-order chi connectivity index (χ0) is 19.5. The van der Waals surface area contributed by atoms with Crippen LogP contribution in [0.4, 0.5) is 13.2 Å². The molecule has 1 aromatic heterocycles. The second-order valence-corrected chi connectivity index (χ2v) is 7.95. The minimum Gasteiger partial charge on any atom is -0.382 e. The lowest BCUT2D eigenvalue weighted by atomic mass is 9.77. The summed E-state index contributed by atoms with van der Waals surface area (Å²) >= 11 is 5.84. The van der Waals surface area contributed by atoms with E-state index in [0.29, 0.717) is 18.2 Å². The third-order valence-corrected chi connectivity index (χ3v) is 6.30. The van der Waals surface area contributed by atoms with E-state index in [-0.39, 0.29) is 29.5 Å². The zero-order valence-electron chi connectivity index (χ0n) is 14.6. The SMILES string of the molecule is CC(=O)N1C[C@H]2CC[C@@H](C1)[C@@H]2C(F)(F)C(O)c1c(F)c(Cl)cc2cn[nH]c12. The van der Waals surface area contributed by atoms with Crippen LogP contribution in [0.5, 0.6) is 0 Å². The number of rotatable bonds is 3. The van der Waals surface area contributed by atoms with Crippen LogP contribution in [0.2, 0.25) is 5.02 Å². The number of carbonyl (C=O) groups excluding carboxylic acids is 1. The summed E-state index contributed by atoms with van der Waals surface area (Å²) in [5.74, 6) is -6.78. The maximum atomic E-state index is 15.4. The van der Waals surface area contributed by atoms with Gasteiger partial charge in [-0.3, -0.25) is 9.89 Å². The number of piperidine rings is 1. The highest BCUT2D eigenvalue weighted by atomic mass is 35.5. The standard InChI is InChI=1S/C18H19ClF3N3O2/c1-8(26)25-6-9-2-3-10(7-25)14(9)18(21,22)17(27)13-15(20)12(19)4-11-5-23-24-16(11)13/h4-5,9-10,14,17,27H,2-3,6-7H2,1H3,(H,23,24)/t9-,10+,14-,17?. The van der Waals surface area contributed by atoms with Crippen LogP contribution >= 0.6 is 11.6 Å². The van der Waals surface area contributed by atoms with Gasteiger partial charge in [0, 0.05) is 36.9 Å². The van der Waals surface area contributed by atoms with Crippen molar-refractivity contribution in [3.05, 3.63) is 28.7 Å². The predicted molar refractivity (Wildman–Crippen MR) is 92.9 cm³/mol. The van der Waals surface area contributed by atoms with Crippen molar-refractivity contribution >= 4 is 28.4 Å². The molecule has 1 saturated heterocycles. The molecule has 0 radical (unpaired) electrons. The lowest BCUT2D eigenvalue weighted by Crippen LogP contribution is -2.51. The number of likely N-dealkylation sites (tertiary alicyclic amines) is 1. The van der Waals surface area contributed by atoms with Crippen molar-refractivity contribution in [3.63, 3.8) is 0 Å². The van der Waals surface area contributed by atoms with Crippen molar-refractivity contribution in [3.8, 4) is 0 Å². The maximum Gasteiger partial charge on any atom is 0.281 e. The minimum atomic E-state index is -3.57. The lowest BCUT2D eigenvalue weighted by Gasteiger charge is -2.42. The van der Waals surface area contributed by atoms with Gasteiger partial charge in [0.2, 0.25) is 5.91 Å². The third kappa shape index (κ3) is 2.81. The number of H-pyrrole nitrogens is 1. The molecule has 2 N–H and O–H groups in total. The molecule has 1 saturated carbocycles. The summed E-state index contributed by atoms with van der Waals surface area (Å²) in [6.45, 7) is 1.88. The first kappa shape index (κ1) is 18.6. The van der Waals surface area contributed by atoms with E-state index < -0.39 is 41.2 Å². The molecule has 0 spiro atoms. The van der Waals surface area contributed by atoms with E-state index in [1.54, 1.807) is 4.90 Å². The second-order valence-electron chi connectivity index (χ2n) is 7.54. The lowest BCUT2D eigenvalue weighted by molar-refractivity contribution is -0.182. The Bertz CT molecular complexity index is 889. The molecule has 1 aromatic carbocycles. The molecule has 1 aliphatic heterocycles. The highest BCUT2D eigenvalue weighted by Gasteiger charge is 2.59. The topological polar surface area (TPSA) is 69.2 Å². The molecule has 2 fully saturated rings. The van der Waals surface area contributed by atoms with E-state index in [0.717, 1.165) is 0 Å². The Hall–Kier alpha value is -1.80. The van der Waals surface area contributed by atoms with Gasteiger partial charge in [0.1, 0.15) is 11.9 Å². The first-order valence-electron chi connectivity index (χ1n) is 8.84. The van der Waals surface area contributed by atoms with Crippen molar-refractivity contribution < 1.29 is 23.1 Å². The van der Waals surface area contributed by atoms with Crippen LogP contribution in [0.25, 0.3) is 10.9 Å². The van der Waals surface area contributed by atoms with Crippen LogP contribution in [0, 0.1) is 23.6 Å². The number of amides is 1. The van der Waals surface area contributed by atoms with Crippen LogP contribution in [0.15, 0.2) is 12.3 Å². The maximum absolute atomic E-state index is 15.4. The van der Waals surface area contributed by atoms with Crippen molar-refractivity contribution in [1.29, 1.82) is 0 Å². The van der Waals surface area contributed by atoms with Gasteiger partial charge in [-0.2, -0.15) is 5.10 Å². The van der Waals surface area contributed by atoms with Gasteiger partial charge in [-0.05, 0) is 30.7 Å². The second kappa shape index (κ2) is 6.38. The highest BCUT2D eigenvalue weighted by molar-refractivity contribution is 6.31. The van der Waals surface area contributed by atoms with Crippen LogP contribution in [-0.4, -0.2) is 45.1 Å². The van der Waals surface area contributed by atoms with Gasteiger partial charge in [0.05, 0.1) is 16.7 Å². The van der Waals surface area contributed by atoms with E-state index >= 15 is 8.78 Å². The molecular weight excluding hydrogens is 383 g/mol. The summed E-state index contributed by atoms with van der Waals surface area (Å²) in [5, 5.41) is 16.8. The Morgan fingerprint density at radius 1 is 1.41 bits per heavy atom. The number of aromatic nitrogens is 2. The molecule has 2 heterocycles. The number of halogens is 4. The van der Waals surface area contributed by atoms with Gasteiger partial charge in [-0.15, -0.1) is 0 Å². The molecule has 9 heteroatoms. The quantitative estimate of drug-likeness (QED) is 0.826.